The summed E-state index contributed by atoms with van der Waals surface area (Å²) >= 11 is 0. The maximum Gasteiger partial charge on any atom is 0.308 e. The van der Waals surface area contributed by atoms with Crippen LogP contribution in [0.1, 0.15) is 99.3 Å². The molecule has 3 aliphatic heterocycles. The highest BCUT2D eigenvalue weighted by Gasteiger charge is 2.52. The number of allylic oxidation sites excluding steroid dienone is 2. The second kappa shape index (κ2) is 22.7. The summed E-state index contributed by atoms with van der Waals surface area (Å²) in [4.78, 5) is 39.3. The van der Waals surface area contributed by atoms with Gasteiger partial charge in [-0.15, -0.1) is 0 Å². The first-order chi connectivity index (χ1) is 26.4. The molecule has 2 fully saturated rings. The summed E-state index contributed by atoms with van der Waals surface area (Å²) < 4.78 is 42.5. The van der Waals surface area contributed by atoms with Crippen LogP contribution in [0, 0.1) is 11.8 Å². The lowest BCUT2D eigenvalue weighted by atomic mass is 9.82. The van der Waals surface area contributed by atoms with E-state index in [-0.39, 0.29) is 31.6 Å². The smallest absolute Gasteiger partial charge is 0.308 e. The number of hydrogen-bond donors (Lipinski definition) is 4. The Kier molecular flexibility index (Phi) is 19.5. The molecule has 2 saturated heterocycles. The largest absolute Gasteiger partial charge is 0.462 e. The molecule has 0 aromatic heterocycles. The zero-order valence-electron chi connectivity index (χ0n) is 34.7. The van der Waals surface area contributed by atoms with E-state index >= 15 is 0 Å². The molecule has 56 heavy (non-hydrogen) atoms. The van der Waals surface area contributed by atoms with E-state index in [9.17, 15) is 34.8 Å². The van der Waals surface area contributed by atoms with Gasteiger partial charge in [0.1, 0.15) is 36.3 Å². The Hall–Kier alpha value is -2.31. The molecule has 16 atom stereocenters. The average Bonchev–Trinajstić information content (AvgIpc) is 3.10. The van der Waals surface area contributed by atoms with Crippen LogP contribution in [0.25, 0.3) is 0 Å². The quantitative estimate of drug-likeness (QED) is 0.120. The second-order valence-electron chi connectivity index (χ2n) is 16.2. The highest BCUT2D eigenvalue weighted by Crippen LogP contribution is 2.37. The number of esters is 2. The summed E-state index contributed by atoms with van der Waals surface area (Å²) in [5.74, 6) is -2.08. The average molecular weight is 800 g/mol. The second-order valence-corrected chi connectivity index (χ2v) is 16.2. The van der Waals surface area contributed by atoms with E-state index in [2.05, 4.69) is 0 Å². The number of likely N-dealkylation sites (N-methyl/N-ethyl adjacent to an activating group) is 1. The van der Waals surface area contributed by atoms with Gasteiger partial charge in [-0.25, -0.2) is 0 Å². The van der Waals surface area contributed by atoms with E-state index in [4.69, 9.17) is 33.2 Å². The highest BCUT2D eigenvalue weighted by molar-refractivity contribution is 5.70. The van der Waals surface area contributed by atoms with Crippen LogP contribution in [-0.2, 0) is 47.5 Å². The number of carbonyl (C=O) groups is 3. The molecule has 15 heteroatoms. The van der Waals surface area contributed by atoms with E-state index in [1.807, 2.05) is 19.9 Å². The third kappa shape index (κ3) is 13.6. The van der Waals surface area contributed by atoms with Crippen molar-refractivity contribution >= 4 is 18.2 Å². The zero-order valence-corrected chi connectivity index (χ0v) is 34.7. The van der Waals surface area contributed by atoms with Crippen LogP contribution in [0.4, 0.5) is 0 Å². The third-order valence-electron chi connectivity index (χ3n) is 11.0. The van der Waals surface area contributed by atoms with Crippen molar-refractivity contribution in [3.05, 3.63) is 24.3 Å². The fraction of sp³-hybridized carbons (Fsp3) is 0.829. The number of cyclic esters (lactones) is 1. The summed E-state index contributed by atoms with van der Waals surface area (Å²) in [5.41, 5.74) is -1.48. The maximum atomic E-state index is 12.9. The van der Waals surface area contributed by atoms with Gasteiger partial charge in [-0.1, -0.05) is 51.0 Å². The van der Waals surface area contributed by atoms with Gasteiger partial charge in [-0.2, -0.15) is 0 Å². The van der Waals surface area contributed by atoms with Gasteiger partial charge in [-0.3, -0.25) is 9.59 Å². The van der Waals surface area contributed by atoms with Crippen molar-refractivity contribution in [3.8, 4) is 0 Å². The lowest BCUT2D eigenvalue weighted by Gasteiger charge is -2.50. The van der Waals surface area contributed by atoms with Crippen LogP contribution in [0.5, 0.6) is 0 Å². The molecule has 0 spiro atoms. The molecule has 0 bridgehead atoms. The van der Waals surface area contributed by atoms with Crippen molar-refractivity contribution in [2.45, 2.75) is 185 Å². The summed E-state index contributed by atoms with van der Waals surface area (Å²) in [6.45, 7) is 10.6. The summed E-state index contributed by atoms with van der Waals surface area (Å²) in [6.07, 6.45) is -1.26. The van der Waals surface area contributed by atoms with Crippen molar-refractivity contribution in [3.63, 3.8) is 0 Å². The van der Waals surface area contributed by atoms with E-state index < -0.39 is 110 Å². The maximum absolute atomic E-state index is 12.9. The van der Waals surface area contributed by atoms with Gasteiger partial charge in [0.05, 0.1) is 43.0 Å². The topological polar surface area (TPSA) is 200 Å². The Balaban J connectivity index is 1.88. The summed E-state index contributed by atoms with van der Waals surface area (Å²) in [5, 5.41) is 45.8. The van der Waals surface area contributed by atoms with E-state index in [1.54, 1.807) is 64.9 Å². The number of methoxy groups -OCH3 is 1. The van der Waals surface area contributed by atoms with Gasteiger partial charge in [0.25, 0.3) is 0 Å². The minimum Gasteiger partial charge on any atom is -0.462 e. The molecule has 15 nitrogen and oxygen atoms in total. The van der Waals surface area contributed by atoms with Crippen LogP contribution in [0.2, 0.25) is 0 Å². The summed E-state index contributed by atoms with van der Waals surface area (Å²) in [6, 6.07) is -0.751. The van der Waals surface area contributed by atoms with Gasteiger partial charge < -0.3 is 63.3 Å². The molecule has 0 unspecified atom stereocenters. The number of aliphatic hydroxyl groups is 4. The molecule has 3 rings (SSSR count). The van der Waals surface area contributed by atoms with Crippen molar-refractivity contribution in [1.82, 2.24) is 4.90 Å². The first kappa shape index (κ1) is 48.1. The fourth-order valence-corrected chi connectivity index (χ4v) is 7.97. The van der Waals surface area contributed by atoms with Gasteiger partial charge >= 0.3 is 11.9 Å². The lowest BCUT2D eigenvalue weighted by molar-refractivity contribution is -0.344. The molecular weight excluding hydrogens is 730 g/mol. The minimum atomic E-state index is -1.48. The number of rotatable bonds is 13. The molecule has 3 heterocycles. The number of aliphatic hydroxyl groups excluding tert-OH is 3. The molecule has 0 aliphatic carbocycles. The van der Waals surface area contributed by atoms with Crippen molar-refractivity contribution in [2.24, 2.45) is 11.8 Å². The van der Waals surface area contributed by atoms with Crippen LogP contribution < -0.4 is 0 Å². The van der Waals surface area contributed by atoms with Gasteiger partial charge in [0.2, 0.25) is 0 Å². The third-order valence-corrected chi connectivity index (χ3v) is 11.0. The molecule has 322 valence electrons. The predicted molar refractivity (Wildman–Crippen MR) is 205 cm³/mol. The van der Waals surface area contributed by atoms with E-state index in [0.29, 0.717) is 12.8 Å². The Morgan fingerprint density at radius 3 is 2.36 bits per heavy atom. The van der Waals surface area contributed by atoms with E-state index in [1.165, 1.54) is 7.11 Å². The Morgan fingerprint density at radius 1 is 1.02 bits per heavy atom. The minimum absolute atomic E-state index is 0.0246. The fourth-order valence-electron chi connectivity index (χ4n) is 7.97. The van der Waals surface area contributed by atoms with Crippen molar-refractivity contribution in [1.29, 1.82) is 0 Å². The molecular formula is C41H69NO14. The lowest BCUT2D eigenvalue weighted by Crippen LogP contribution is -2.66. The molecule has 0 saturated carbocycles. The Bertz CT molecular complexity index is 1280. The number of ether oxygens (including phenoxy) is 7. The standard InChI is InChI=1S/C41H69NO14/c1-10-11-13-18-31(46)54-39-27(5)52-33(23-41(39,6)49)55-36-26(4)53-40(35(48)34(36)42(7)8)56-37-28(19-20-43)21-24(2)29(44)17-15-12-14-16-25(3)51-32(47)22-30(45)38(37)50-9/h12,14-15,17,20,24-30,33-40,44-45,48-49H,10-11,13,16,18-19,21-23H2,1-9H3/b14-12-,17-15-/t24-,25-,26-,27+,28+,29+,30-,33+,34-,35-,36-,37+,38+,39+,40+,41-/m1/s1. The molecule has 3 aliphatic rings. The van der Waals surface area contributed by atoms with Gasteiger partial charge in [-0.05, 0) is 66.5 Å². The van der Waals surface area contributed by atoms with Crippen molar-refractivity contribution < 1.29 is 68.0 Å². The molecule has 0 aromatic carbocycles. The van der Waals surface area contributed by atoms with Gasteiger partial charge in [0.15, 0.2) is 18.7 Å². The Labute approximate surface area is 332 Å². The zero-order chi connectivity index (χ0) is 41.7. The molecule has 0 radical (unpaired) electrons. The molecule has 4 N–H and O–H groups in total. The van der Waals surface area contributed by atoms with Gasteiger partial charge in [0, 0.05) is 32.8 Å². The normalized spacial score (nSPS) is 41.8. The molecule has 0 amide bonds. The first-order valence-corrected chi connectivity index (χ1v) is 20.2. The van der Waals surface area contributed by atoms with Crippen LogP contribution in [0.3, 0.4) is 0 Å². The Morgan fingerprint density at radius 2 is 1.73 bits per heavy atom. The number of hydrogen-bond acceptors (Lipinski definition) is 15. The number of aldehydes is 1. The van der Waals surface area contributed by atoms with Crippen LogP contribution in [-0.4, -0.2) is 150 Å². The highest BCUT2D eigenvalue weighted by atomic mass is 16.7. The van der Waals surface area contributed by atoms with Crippen molar-refractivity contribution in [2.75, 3.05) is 21.2 Å². The predicted octanol–water partition coefficient (Wildman–Crippen LogP) is 2.98. The monoisotopic (exact) mass is 799 g/mol. The van der Waals surface area contributed by atoms with Crippen LogP contribution >= 0.6 is 0 Å². The number of carbonyl (C=O) groups excluding carboxylic acids is 3. The SMILES string of the molecule is CCCCCC(=O)O[C@H]1[C@H](C)O[C@@H](O[C@H]2[C@H](N(C)C)[C@@H](O)[C@H](O[C@H]3[C@@H](CC=O)C[C@@H](C)[C@@H](O)/C=C\C=C/C[C@@H](C)OC(=O)C[C@@H](O)[C@@H]3OC)O[C@@H]2C)C[C@@]1(C)O. The number of nitrogens with zero attached hydrogens (tertiary/aromatic N) is 1. The first-order valence-electron chi connectivity index (χ1n) is 20.2. The summed E-state index contributed by atoms with van der Waals surface area (Å²) in [7, 11) is 4.87. The number of unbranched alkanes of at least 4 members (excludes halogenated alkanes) is 2. The van der Waals surface area contributed by atoms with Crippen LogP contribution in [0.15, 0.2) is 24.3 Å². The molecule has 0 aromatic rings. The van der Waals surface area contributed by atoms with E-state index in [0.717, 1.165) is 19.1 Å².